The normalized spacial score (nSPS) is 15.4. The van der Waals surface area contributed by atoms with E-state index >= 15 is 0 Å². The van der Waals surface area contributed by atoms with Gasteiger partial charge in [0.15, 0.2) is 0 Å². The zero-order valence-electron chi connectivity index (χ0n) is 19.4. The molecule has 5 heteroatoms. The van der Waals surface area contributed by atoms with E-state index in [-0.39, 0.29) is 11.9 Å². The van der Waals surface area contributed by atoms with E-state index in [0.29, 0.717) is 18.2 Å². The number of carbonyl (C=O) groups is 1. The van der Waals surface area contributed by atoms with E-state index in [4.69, 9.17) is 4.74 Å². The van der Waals surface area contributed by atoms with Crippen LogP contribution in [0.5, 0.6) is 5.75 Å². The molecule has 1 unspecified atom stereocenters. The highest BCUT2D eigenvalue weighted by atomic mass is 16.5. The highest BCUT2D eigenvalue weighted by Gasteiger charge is 2.26. The second-order valence-corrected chi connectivity index (χ2v) is 8.56. The quantitative estimate of drug-likeness (QED) is 0.611. The van der Waals surface area contributed by atoms with E-state index < -0.39 is 0 Å². The molecule has 0 aromatic heterocycles. The summed E-state index contributed by atoms with van der Waals surface area (Å²) in [6.45, 7) is 11.2. The minimum Gasteiger partial charge on any atom is -0.496 e. The van der Waals surface area contributed by atoms with Gasteiger partial charge in [-0.05, 0) is 70.1 Å². The van der Waals surface area contributed by atoms with Crippen LogP contribution < -0.4 is 10.1 Å². The molecule has 31 heavy (non-hydrogen) atoms. The van der Waals surface area contributed by atoms with Crippen molar-refractivity contribution in [1.82, 2.24) is 15.1 Å². The van der Waals surface area contributed by atoms with Gasteiger partial charge in [-0.2, -0.15) is 0 Å². The third-order valence-corrected chi connectivity index (χ3v) is 6.27. The number of para-hydroxylation sites is 1. The molecule has 1 aliphatic rings. The number of benzene rings is 2. The summed E-state index contributed by atoms with van der Waals surface area (Å²) in [5, 5.41) is 3.17. The third kappa shape index (κ3) is 6.08. The second-order valence-electron chi connectivity index (χ2n) is 8.56. The van der Waals surface area contributed by atoms with E-state index in [1.54, 1.807) is 7.11 Å². The van der Waals surface area contributed by atoms with Gasteiger partial charge in [-0.1, -0.05) is 37.3 Å². The van der Waals surface area contributed by atoms with E-state index in [0.717, 1.165) is 37.5 Å². The van der Waals surface area contributed by atoms with Gasteiger partial charge < -0.3 is 10.1 Å². The molecule has 1 atom stereocenters. The summed E-state index contributed by atoms with van der Waals surface area (Å²) in [5.74, 6) is 0.852. The fourth-order valence-electron chi connectivity index (χ4n) is 4.38. The van der Waals surface area contributed by atoms with Gasteiger partial charge in [0.25, 0.3) is 5.91 Å². The van der Waals surface area contributed by atoms with E-state index in [9.17, 15) is 4.79 Å². The molecule has 3 rings (SSSR count). The predicted octanol–water partition coefficient (Wildman–Crippen LogP) is 4.49. The van der Waals surface area contributed by atoms with Gasteiger partial charge in [-0.3, -0.25) is 14.6 Å². The first kappa shape index (κ1) is 23.3. The number of methoxy groups -OCH3 is 1. The van der Waals surface area contributed by atoms with Crippen LogP contribution in [-0.4, -0.2) is 55.0 Å². The number of nitrogens with zero attached hydrogens (tertiary/aromatic N) is 2. The number of likely N-dealkylation sites (tertiary alicyclic amines) is 1. The Morgan fingerprint density at radius 1 is 1.10 bits per heavy atom. The van der Waals surface area contributed by atoms with Gasteiger partial charge in [-0.15, -0.1) is 0 Å². The Balaban J connectivity index is 1.67. The highest BCUT2D eigenvalue weighted by molar-refractivity contribution is 5.94. The monoisotopic (exact) mass is 423 g/mol. The van der Waals surface area contributed by atoms with Crippen molar-refractivity contribution in [2.24, 2.45) is 0 Å². The Labute approximate surface area is 187 Å². The fourth-order valence-corrected chi connectivity index (χ4v) is 4.38. The first-order valence-corrected chi connectivity index (χ1v) is 11.5. The van der Waals surface area contributed by atoms with E-state index in [1.807, 2.05) is 30.3 Å². The molecule has 1 N–H and O–H groups in total. The van der Waals surface area contributed by atoms with Crippen molar-refractivity contribution in [3.63, 3.8) is 0 Å². The molecule has 2 aromatic rings. The summed E-state index contributed by atoms with van der Waals surface area (Å²) >= 11 is 0. The number of nitrogens with one attached hydrogen (secondary N) is 1. The maximum absolute atomic E-state index is 12.9. The molecule has 2 aromatic carbocycles. The van der Waals surface area contributed by atoms with Gasteiger partial charge >= 0.3 is 0 Å². The maximum atomic E-state index is 12.9. The van der Waals surface area contributed by atoms with E-state index in [2.05, 4.69) is 54.1 Å². The Kier molecular flexibility index (Phi) is 8.50. The number of hydrogen-bond donors (Lipinski definition) is 1. The van der Waals surface area contributed by atoms with Crippen LogP contribution in [0, 0.1) is 0 Å². The van der Waals surface area contributed by atoms with Gasteiger partial charge in [0.2, 0.25) is 0 Å². The molecule has 5 nitrogen and oxygen atoms in total. The molecular weight excluding hydrogens is 386 g/mol. The molecule has 0 bridgehead atoms. The van der Waals surface area contributed by atoms with Crippen LogP contribution >= 0.6 is 0 Å². The number of amides is 1. The minimum absolute atomic E-state index is 0.0261. The van der Waals surface area contributed by atoms with Crippen molar-refractivity contribution >= 4 is 5.91 Å². The molecule has 0 saturated carbocycles. The van der Waals surface area contributed by atoms with Gasteiger partial charge in [-0.25, -0.2) is 0 Å². The smallest absolute Gasteiger partial charge is 0.251 e. The lowest BCUT2D eigenvalue weighted by atomic mass is 10.0. The molecular formula is C26H37N3O2. The summed E-state index contributed by atoms with van der Waals surface area (Å²) in [6, 6.07) is 16.8. The molecule has 1 amide bonds. The molecule has 1 aliphatic heterocycles. The summed E-state index contributed by atoms with van der Waals surface area (Å²) in [5.41, 5.74) is 3.07. The number of hydrogen-bond acceptors (Lipinski definition) is 4. The number of rotatable bonds is 10. The fraction of sp³-hybridized carbons (Fsp3) is 0.500. The van der Waals surface area contributed by atoms with Crippen molar-refractivity contribution in [1.29, 1.82) is 0 Å². The molecule has 168 valence electrons. The summed E-state index contributed by atoms with van der Waals surface area (Å²) in [4.78, 5) is 17.7. The van der Waals surface area contributed by atoms with Crippen LogP contribution in [0.2, 0.25) is 0 Å². The molecule has 1 saturated heterocycles. The van der Waals surface area contributed by atoms with Crippen LogP contribution in [0.25, 0.3) is 0 Å². The highest BCUT2D eigenvalue weighted by Crippen LogP contribution is 2.31. The van der Waals surface area contributed by atoms with Crippen LogP contribution in [0.1, 0.15) is 61.1 Å². The molecule has 0 radical (unpaired) electrons. The first-order valence-electron chi connectivity index (χ1n) is 11.5. The van der Waals surface area contributed by atoms with Gasteiger partial charge in [0.1, 0.15) is 5.75 Å². The average Bonchev–Trinajstić information content (AvgIpc) is 3.32. The second kappa shape index (κ2) is 11.3. The average molecular weight is 424 g/mol. The van der Waals surface area contributed by atoms with Gasteiger partial charge in [0.05, 0.1) is 13.2 Å². The minimum atomic E-state index is -0.0261. The summed E-state index contributed by atoms with van der Waals surface area (Å²) in [6.07, 6.45) is 2.40. The third-order valence-electron chi connectivity index (χ3n) is 6.27. The Bertz CT molecular complexity index is 829. The van der Waals surface area contributed by atoms with Crippen LogP contribution in [0.4, 0.5) is 0 Å². The molecule has 0 spiro atoms. The molecule has 1 fully saturated rings. The maximum Gasteiger partial charge on any atom is 0.251 e. The van der Waals surface area contributed by atoms with Gasteiger partial charge in [0, 0.05) is 30.3 Å². The zero-order chi connectivity index (χ0) is 22.2. The lowest BCUT2D eigenvalue weighted by Gasteiger charge is -2.29. The van der Waals surface area contributed by atoms with Crippen molar-refractivity contribution in [3.05, 3.63) is 65.2 Å². The van der Waals surface area contributed by atoms with Crippen molar-refractivity contribution in [2.45, 2.75) is 52.2 Å². The standard InChI is InChI=1S/C26H37N3O2/c1-5-28(20(2)3)19-21-12-14-22(15-13-21)26(30)27-18-24(29-16-8-9-17-29)23-10-6-7-11-25(23)31-4/h6-7,10-15,20,24H,5,8-9,16-19H2,1-4H3,(H,27,30). The van der Waals surface area contributed by atoms with E-state index in [1.165, 1.54) is 18.4 Å². The Morgan fingerprint density at radius 2 is 1.77 bits per heavy atom. The van der Waals surface area contributed by atoms with Crippen molar-refractivity contribution in [2.75, 3.05) is 33.3 Å². The lowest BCUT2D eigenvalue weighted by molar-refractivity contribution is 0.0937. The van der Waals surface area contributed by atoms with Crippen LogP contribution in [-0.2, 0) is 6.54 Å². The van der Waals surface area contributed by atoms with Crippen molar-refractivity contribution in [3.8, 4) is 5.75 Å². The SMILES string of the molecule is CCN(Cc1ccc(C(=O)NCC(c2ccccc2OC)N2CCCC2)cc1)C(C)C. The predicted molar refractivity (Wildman–Crippen MR) is 127 cm³/mol. The van der Waals surface area contributed by atoms with Crippen LogP contribution in [0.3, 0.4) is 0 Å². The summed E-state index contributed by atoms with van der Waals surface area (Å²) < 4.78 is 5.60. The molecule has 0 aliphatic carbocycles. The summed E-state index contributed by atoms with van der Waals surface area (Å²) in [7, 11) is 1.71. The number of ether oxygens (including phenoxy) is 1. The van der Waals surface area contributed by atoms with Crippen LogP contribution in [0.15, 0.2) is 48.5 Å². The topological polar surface area (TPSA) is 44.8 Å². The number of carbonyl (C=O) groups excluding carboxylic acids is 1. The van der Waals surface area contributed by atoms with Crippen molar-refractivity contribution < 1.29 is 9.53 Å². The zero-order valence-corrected chi connectivity index (χ0v) is 19.4. The lowest BCUT2D eigenvalue weighted by Crippen LogP contribution is -2.37. The molecule has 1 heterocycles. The Hall–Kier alpha value is -2.37. The largest absolute Gasteiger partial charge is 0.496 e. The Morgan fingerprint density at radius 3 is 2.39 bits per heavy atom. The first-order chi connectivity index (χ1) is 15.0.